The first-order valence-electron chi connectivity index (χ1n) is 9.16. The molecule has 3 rings (SSSR count). The topological polar surface area (TPSA) is 80.1 Å². The van der Waals surface area contributed by atoms with Gasteiger partial charge in [0.25, 0.3) is 5.91 Å². The van der Waals surface area contributed by atoms with Crippen LogP contribution in [-0.4, -0.2) is 50.4 Å². The molecule has 3 heterocycles. The minimum atomic E-state index is -0.0432. The maximum absolute atomic E-state index is 12.7. The van der Waals surface area contributed by atoms with Crippen molar-refractivity contribution in [2.75, 3.05) is 13.1 Å². The number of nitrogens with one attached hydrogen (secondary N) is 1. The van der Waals surface area contributed by atoms with Gasteiger partial charge in [0.05, 0.1) is 5.56 Å². The fourth-order valence-electron chi connectivity index (χ4n) is 3.34. The largest absolute Gasteiger partial charge is 0.350 e. The van der Waals surface area contributed by atoms with Crippen LogP contribution < -0.4 is 5.32 Å². The van der Waals surface area contributed by atoms with Gasteiger partial charge in [0, 0.05) is 50.3 Å². The van der Waals surface area contributed by atoms with Crippen LogP contribution in [0.4, 0.5) is 0 Å². The molecular weight excluding hydrogens is 330 g/mol. The molecule has 2 aromatic rings. The van der Waals surface area contributed by atoms with Gasteiger partial charge in [-0.05, 0) is 31.4 Å². The minimum absolute atomic E-state index is 0.0258. The van der Waals surface area contributed by atoms with Gasteiger partial charge in [0.2, 0.25) is 5.91 Å². The van der Waals surface area contributed by atoms with E-state index in [0.29, 0.717) is 18.7 Å². The summed E-state index contributed by atoms with van der Waals surface area (Å²) in [5.74, 6) is 0.829. The molecule has 1 atom stereocenters. The molecule has 138 valence electrons. The summed E-state index contributed by atoms with van der Waals surface area (Å²) in [6, 6.07) is 3.51. The standard InChI is InChI=1S/C19H25N5O2/c1-2-17-21-9-11-23(17)14-18(25)22-16-7-3-4-10-24(13-16)19(26)15-6-5-8-20-12-15/h5-6,8-9,11-12,16H,2-4,7,10,13-14H2,1H3,(H,22,25). The van der Waals surface area contributed by atoms with Crippen molar-refractivity contribution in [2.45, 2.75) is 45.2 Å². The van der Waals surface area contributed by atoms with Crippen LogP contribution in [0.1, 0.15) is 42.4 Å². The van der Waals surface area contributed by atoms with E-state index >= 15 is 0 Å². The van der Waals surface area contributed by atoms with Crippen molar-refractivity contribution < 1.29 is 9.59 Å². The van der Waals surface area contributed by atoms with Crippen LogP contribution in [0.25, 0.3) is 0 Å². The lowest BCUT2D eigenvalue weighted by Crippen LogP contribution is -2.45. The minimum Gasteiger partial charge on any atom is -0.350 e. The van der Waals surface area contributed by atoms with Crippen molar-refractivity contribution in [1.29, 1.82) is 0 Å². The first kappa shape index (κ1) is 18.1. The number of nitrogens with zero attached hydrogens (tertiary/aromatic N) is 4. The second-order valence-corrected chi connectivity index (χ2v) is 6.58. The number of hydrogen-bond donors (Lipinski definition) is 1. The van der Waals surface area contributed by atoms with Crippen molar-refractivity contribution >= 4 is 11.8 Å². The van der Waals surface area contributed by atoms with Crippen molar-refractivity contribution in [3.63, 3.8) is 0 Å². The normalized spacial score (nSPS) is 17.6. The molecule has 1 unspecified atom stereocenters. The number of aryl methyl sites for hydroxylation is 1. The first-order valence-corrected chi connectivity index (χ1v) is 9.16. The molecule has 1 aliphatic rings. The Morgan fingerprint density at radius 2 is 2.19 bits per heavy atom. The van der Waals surface area contributed by atoms with E-state index in [1.807, 2.05) is 22.6 Å². The van der Waals surface area contributed by atoms with Crippen LogP contribution in [0.15, 0.2) is 36.9 Å². The number of carbonyl (C=O) groups is 2. The average molecular weight is 355 g/mol. The number of rotatable bonds is 5. The second kappa shape index (κ2) is 8.60. The molecule has 7 heteroatoms. The van der Waals surface area contributed by atoms with E-state index in [-0.39, 0.29) is 24.4 Å². The molecule has 0 radical (unpaired) electrons. The molecule has 0 saturated carbocycles. The zero-order valence-electron chi connectivity index (χ0n) is 15.1. The summed E-state index contributed by atoms with van der Waals surface area (Å²) in [7, 11) is 0. The van der Waals surface area contributed by atoms with Gasteiger partial charge < -0.3 is 14.8 Å². The number of carbonyl (C=O) groups excluding carboxylic acids is 2. The third-order valence-corrected chi connectivity index (χ3v) is 4.66. The summed E-state index contributed by atoms with van der Waals surface area (Å²) in [6.45, 7) is 3.52. The van der Waals surface area contributed by atoms with Crippen LogP contribution in [-0.2, 0) is 17.8 Å². The summed E-state index contributed by atoms with van der Waals surface area (Å²) in [6.07, 6.45) is 10.4. The first-order chi connectivity index (χ1) is 12.7. The van der Waals surface area contributed by atoms with Crippen LogP contribution in [0, 0.1) is 0 Å². The van der Waals surface area contributed by atoms with Gasteiger partial charge in [0.1, 0.15) is 12.4 Å². The lowest BCUT2D eigenvalue weighted by Gasteiger charge is -2.25. The highest BCUT2D eigenvalue weighted by Crippen LogP contribution is 2.14. The molecule has 2 amide bonds. The summed E-state index contributed by atoms with van der Waals surface area (Å²) < 4.78 is 1.87. The Labute approximate surface area is 153 Å². The molecule has 1 saturated heterocycles. The Hall–Kier alpha value is -2.70. The molecule has 0 spiro atoms. The van der Waals surface area contributed by atoms with Gasteiger partial charge in [0.15, 0.2) is 0 Å². The quantitative estimate of drug-likeness (QED) is 0.884. The van der Waals surface area contributed by atoms with E-state index < -0.39 is 0 Å². The Kier molecular flexibility index (Phi) is 5.99. The summed E-state index contributed by atoms with van der Waals surface area (Å²) in [5.41, 5.74) is 0.588. The molecule has 0 bridgehead atoms. The third-order valence-electron chi connectivity index (χ3n) is 4.66. The fraction of sp³-hybridized carbons (Fsp3) is 0.474. The average Bonchev–Trinajstić information content (AvgIpc) is 2.97. The maximum Gasteiger partial charge on any atom is 0.255 e. The molecule has 1 aliphatic heterocycles. The summed E-state index contributed by atoms with van der Waals surface area (Å²) >= 11 is 0. The number of hydrogen-bond acceptors (Lipinski definition) is 4. The second-order valence-electron chi connectivity index (χ2n) is 6.58. The smallest absolute Gasteiger partial charge is 0.255 e. The third kappa shape index (κ3) is 4.47. The highest BCUT2D eigenvalue weighted by atomic mass is 16.2. The lowest BCUT2D eigenvalue weighted by molar-refractivity contribution is -0.122. The van der Waals surface area contributed by atoms with Gasteiger partial charge in [-0.2, -0.15) is 0 Å². The number of pyridine rings is 1. The monoisotopic (exact) mass is 355 g/mol. The zero-order valence-corrected chi connectivity index (χ0v) is 15.1. The van der Waals surface area contributed by atoms with Crippen molar-refractivity contribution in [2.24, 2.45) is 0 Å². The van der Waals surface area contributed by atoms with Gasteiger partial charge in [-0.25, -0.2) is 4.98 Å². The lowest BCUT2D eigenvalue weighted by atomic mass is 10.1. The van der Waals surface area contributed by atoms with E-state index in [2.05, 4.69) is 15.3 Å². The van der Waals surface area contributed by atoms with E-state index in [1.165, 1.54) is 0 Å². The van der Waals surface area contributed by atoms with Crippen LogP contribution in [0.5, 0.6) is 0 Å². The number of amides is 2. The molecular formula is C19H25N5O2. The van der Waals surface area contributed by atoms with Crippen molar-refractivity contribution in [1.82, 2.24) is 24.8 Å². The summed E-state index contributed by atoms with van der Waals surface area (Å²) in [4.78, 5) is 35.2. The Balaban J connectivity index is 1.60. The van der Waals surface area contributed by atoms with Gasteiger partial charge in [-0.1, -0.05) is 6.92 Å². The Morgan fingerprint density at radius 3 is 2.96 bits per heavy atom. The molecule has 2 aromatic heterocycles. The molecule has 26 heavy (non-hydrogen) atoms. The number of imidazole rings is 1. The van der Waals surface area contributed by atoms with E-state index in [1.54, 1.807) is 30.7 Å². The van der Waals surface area contributed by atoms with Crippen LogP contribution in [0.3, 0.4) is 0 Å². The Bertz CT molecular complexity index is 743. The molecule has 7 nitrogen and oxygen atoms in total. The van der Waals surface area contributed by atoms with Gasteiger partial charge >= 0.3 is 0 Å². The predicted octanol–water partition coefficient (Wildman–Crippen LogP) is 1.65. The maximum atomic E-state index is 12.7. The van der Waals surface area contributed by atoms with Crippen LogP contribution >= 0.6 is 0 Å². The number of likely N-dealkylation sites (tertiary alicyclic amines) is 1. The fourth-order valence-corrected chi connectivity index (χ4v) is 3.34. The van der Waals surface area contributed by atoms with E-state index in [4.69, 9.17) is 0 Å². The highest BCUT2D eigenvalue weighted by Gasteiger charge is 2.24. The van der Waals surface area contributed by atoms with Crippen molar-refractivity contribution in [3.05, 3.63) is 48.3 Å². The SMILES string of the molecule is CCc1nccn1CC(=O)NC1CCCCN(C(=O)c2cccnc2)C1. The Morgan fingerprint density at radius 1 is 1.31 bits per heavy atom. The van der Waals surface area contributed by atoms with Crippen molar-refractivity contribution in [3.8, 4) is 0 Å². The predicted molar refractivity (Wildman–Crippen MR) is 97.5 cm³/mol. The van der Waals surface area contributed by atoms with E-state index in [0.717, 1.165) is 31.5 Å². The highest BCUT2D eigenvalue weighted by molar-refractivity contribution is 5.94. The van der Waals surface area contributed by atoms with Crippen LogP contribution in [0.2, 0.25) is 0 Å². The molecule has 0 aliphatic carbocycles. The zero-order chi connectivity index (χ0) is 18.4. The van der Waals surface area contributed by atoms with Gasteiger partial charge in [-0.3, -0.25) is 14.6 Å². The number of aromatic nitrogens is 3. The van der Waals surface area contributed by atoms with E-state index in [9.17, 15) is 9.59 Å². The molecule has 1 N–H and O–H groups in total. The molecule has 1 fully saturated rings. The summed E-state index contributed by atoms with van der Waals surface area (Å²) in [5, 5.41) is 3.09. The molecule has 0 aromatic carbocycles. The van der Waals surface area contributed by atoms with Gasteiger partial charge in [-0.15, -0.1) is 0 Å².